The van der Waals surface area contributed by atoms with E-state index in [1.807, 2.05) is 33.9 Å². The number of carbonyl (C=O) groups excluding carboxylic acids is 1. The van der Waals surface area contributed by atoms with Crippen LogP contribution in [-0.4, -0.2) is 60.2 Å². The minimum Gasteiger partial charge on any atom is -0.488 e. The number of allylic oxidation sites excluding steroid dienone is 1. The Kier molecular flexibility index (Phi) is 9.75. The summed E-state index contributed by atoms with van der Waals surface area (Å²) in [6.07, 6.45) is 7.47. The molecular formula is C31H47N7O3. The Morgan fingerprint density at radius 2 is 1.88 bits per heavy atom. The van der Waals surface area contributed by atoms with Crippen molar-refractivity contribution in [2.45, 2.75) is 65.6 Å². The van der Waals surface area contributed by atoms with Crippen molar-refractivity contribution in [3.63, 3.8) is 0 Å². The maximum atomic E-state index is 12.0. The lowest BCUT2D eigenvalue weighted by molar-refractivity contribution is -0.129. The molecule has 1 unspecified atom stereocenters. The summed E-state index contributed by atoms with van der Waals surface area (Å²) in [4.78, 5) is 24.4. The summed E-state index contributed by atoms with van der Waals surface area (Å²) in [5.74, 6) is 3.16. The van der Waals surface area contributed by atoms with Gasteiger partial charge in [-0.2, -0.15) is 5.10 Å². The van der Waals surface area contributed by atoms with Crippen LogP contribution in [0.1, 0.15) is 71.8 Å². The molecule has 0 bridgehead atoms. The van der Waals surface area contributed by atoms with E-state index in [9.17, 15) is 4.79 Å². The Balaban J connectivity index is 0.000000929. The largest absolute Gasteiger partial charge is 0.488 e. The van der Waals surface area contributed by atoms with Crippen LogP contribution in [0.25, 0.3) is 5.57 Å². The molecule has 10 nitrogen and oxygen atoms in total. The predicted molar refractivity (Wildman–Crippen MR) is 164 cm³/mol. The molecule has 4 heterocycles. The van der Waals surface area contributed by atoms with Crippen molar-refractivity contribution in [1.29, 1.82) is 0 Å². The van der Waals surface area contributed by atoms with Crippen LogP contribution in [0.5, 0.6) is 0 Å². The summed E-state index contributed by atoms with van der Waals surface area (Å²) in [6.45, 7) is 12.7. The second-order valence-electron chi connectivity index (χ2n) is 10.4. The van der Waals surface area contributed by atoms with Gasteiger partial charge in [0.05, 0.1) is 18.2 Å². The van der Waals surface area contributed by atoms with Gasteiger partial charge in [-0.15, -0.1) is 0 Å². The van der Waals surface area contributed by atoms with Crippen molar-refractivity contribution in [1.82, 2.24) is 30.8 Å². The second-order valence-corrected chi connectivity index (χ2v) is 10.4. The summed E-state index contributed by atoms with van der Waals surface area (Å²) >= 11 is 0. The zero-order valence-electron chi connectivity index (χ0n) is 25.5. The maximum Gasteiger partial charge on any atom is 0.243 e. The zero-order chi connectivity index (χ0) is 29.6. The molecule has 1 aromatic carbocycles. The van der Waals surface area contributed by atoms with Crippen LogP contribution < -0.4 is 16.1 Å². The lowest BCUT2D eigenvalue weighted by Crippen LogP contribution is -2.41. The van der Waals surface area contributed by atoms with Gasteiger partial charge in [-0.1, -0.05) is 52.0 Å². The van der Waals surface area contributed by atoms with Crippen LogP contribution in [0, 0.1) is 5.92 Å². The van der Waals surface area contributed by atoms with Crippen LogP contribution in [0.15, 0.2) is 59.3 Å². The van der Waals surface area contributed by atoms with Gasteiger partial charge in [0.1, 0.15) is 24.8 Å². The molecule has 2 atom stereocenters. The highest BCUT2D eigenvalue weighted by Crippen LogP contribution is 2.49. The van der Waals surface area contributed by atoms with Gasteiger partial charge in [-0.3, -0.25) is 9.48 Å². The summed E-state index contributed by atoms with van der Waals surface area (Å²) in [5, 5.41) is 11.1. The number of aliphatic imine (C=N–C) groups is 1. The average molecular weight is 566 g/mol. The van der Waals surface area contributed by atoms with E-state index in [0.29, 0.717) is 12.5 Å². The molecule has 224 valence electrons. The third-order valence-corrected chi connectivity index (χ3v) is 7.66. The minimum atomic E-state index is -0.499. The quantitative estimate of drug-likeness (QED) is 0.459. The summed E-state index contributed by atoms with van der Waals surface area (Å²) in [6, 6.07) is 8.79. The fourth-order valence-corrected chi connectivity index (χ4v) is 5.13. The van der Waals surface area contributed by atoms with E-state index in [4.69, 9.17) is 14.6 Å². The van der Waals surface area contributed by atoms with E-state index in [0.717, 1.165) is 48.9 Å². The average Bonchev–Trinajstić information content (AvgIpc) is 3.58. The molecular weight excluding hydrogens is 518 g/mol. The van der Waals surface area contributed by atoms with Gasteiger partial charge in [-0.25, -0.2) is 15.3 Å². The summed E-state index contributed by atoms with van der Waals surface area (Å²) in [5.41, 5.74) is 7.24. The Hall–Kier alpha value is -3.79. The van der Waals surface area contributed by atoms with E-state index in [1.165, 1.54) is 16.7 Å². The zero-order valence-corrected chi connectivity index (χ0v) is 25.5. The Labute approximate surface area is 245 Å². The highest BCUT2D eigenvalue weighted by atomic mass is 16.7. The molecule has 1 aromatic heterocycles. The van der Waals surface area contributed by atoms with Crippen LogP contribution >= 0.6 is 0 Å². The van der Waals surface area contributed by atoms with Crippen LogP contribution in [-0.2, 0) is 26.3 Å². The Bertz CT molecular complexity index is 1300. The predicted octanol–water partition coefficient (Wildman–Crippen LogP) is 4.35. The fourth-order valence-electron chi connectivity index (χ4n) is 5.13. The lowest BCUT2D eigenvalue weighted by atomic mass is 9.76. The number of nitrogens with zero attached hydrogens (tertiary/aromatic N) is 4. The third kappa shape index (κ3) is 6.43. The van der Waals surface area contributed by atoms with Gasteiger partial charge in [0, 0.05) is 33.8 Å². The molecule has 1 amide bonds. The molecule has 0 spiro atoms. The van der Waals surface area contributed by atoms with E-state index < -0.39 is 6.23 Å². The molecule has 41 heavy (non-hydrogen) atoms. The molecule has 1 saturated carbocycles. The molecule has 1 fully saturated rings. The van der Waals surface area contributed by atoms with Crippen LogP contribution in [0.4, 0.5) is 0 Å². The number of benzene rings is 1. The van der Waals surface area contributed by atoms with E-state index in [-0.39, 0.29) is 19.3 Å². The molecule has 0 saturated heterocycles. The molecule has 3 aliphatic heterocycles. The van der Waals surface area contributed by atoms with E-state index in [1.54, 1.807) is 29.9 Å². The highest BCUT2D eigenvalue weighted by Gasteiger charge is 2.48. The fraction of sp³-hybridized carbons (Fsp3) is 0.516. The Morgan fingerprint density at radius 3 is 2.56 bits per heavy atom. The monoisotopic (exact) mass is 565 g/mol. The number of dihydropyridines is 1. The molecule has 6 rings (SSSR count). The number of rotatable bonds is 7. The summed E-state index contributed by atoms with van der Waals surface area (Å²) < 4.78 is 7.43. The van der Waals surface area contributed by atoms with E-state index >= 15 is 0 Å². The first-order valence-corrected chi connectivity index (χ1v) is 14.8. The molecule has 1 aliphatic carbocycles. The van der Waals surface area contributed by atoms with Crippen molar-refractivity contribution >= 4 is 17.3 Å². The lowest BCUT2D eigenvalue weighted by Gasteiger charge is -2.30. The third-order valence-electron chi connectivity index (χ3n) is 7.66. The first-order valence-electron chi connectivity index (χ1n) is 14.8. The number of hydrogen-bond donors (Lipinski definition) is 3. The maximum absolute atomic E-state index is 12.0. The van der Waals surface area contributed by atoms with Crippen molar-refractivity contribution < 1.29 is 15.8 Å². The van der Waals surface area contributed by atoms with Gasteiger partial charge >= 0.3 is 0 Å². The van der Waals surface area contributed by atoms with Gasteiger partial charge in [-0.05, 0) is 48.5 Å². The van der Waals surface area contributed by atoms with Crippen molar-refractivity contribution in [2.24, 2.45) is 10.9 Å². The first-order chi connectivity index (χ1) is 19.9. The molecule has 10 heteroatoms. The topological polar surface area (TPSA) is 105 Å². The highest BCUT2D eigenvalue weighted by molar-refractivity contribution is 5.94. The van der Waals surface area contributed by atoms with Crippen molar-refractivity contribution in [3.8, 4) is 0 Å². The molecule has 0 radical (unpaired) electrons. The second kappa shape index (κ2) is 13.2. The SMILES string of the molecule is CC.CC.CN(C)C(=O)Cn1cc(C2N=C([C@@](C)(c3ccc(C4=CC5=C(NCCO5)NC4)cc3)C3CC3)NO2)cn1.[HH]. The molecule has 3 N–H and O–H groups in total. The molecule has 2 aromatic rings. The number of nitrogens with one attached hydrogen (secondary N) is 3. The molecule has 4 aliphatic rings. The van der Waals surface area contributed by atoms with Gasteiger partial charge in [0.25, 0.3) is 0 Å². The summed E-state index contributed by atoms with van der Waals surface area (Å²) in [7, 11) is 3.47. The van der Waals surface area contributed by atoms with Gasteiger partial charge in [0.2, 0.25) is 12.1 Å². The first kappa shape index (κ1) is 30.2. The number of ether oxygens (including phenoxy) is 1. The number of amides is 1. The number of carbonyl (C=O) groups is 1. The van der Waals surface area contributed by atoms with Gasteiger partial charge in [0.15, 0.2) is 5.76 Å². The number of hydrogen-bond acceptors (Lipinski definition) is 8. The smallest absolute Gasteiger partial charge is 0.243 e. The van der Waals surface area contributed by atoms with Crippen molar-refractivity contribution in [2.75, 3.05) is 33.8 Å². The Morgan fingerprint density at radius 1 is 1.15 bits per heavy atom. The number of likely N-dealkylation sites (N-methyl/N-ethyl adjacent to an activating group) is 1. The standard InChI is InChI=1S/C27H33N7O3.2C2H6.H2/c1-27(21-8-9-21,26-31-25(37-32-26)19-14-30-34(15-19)16-23(35)33(2)3)20-6-4-17(5-7-20)18-12-22-24(29-13-18)28-10-11-36-22;2*1-2;/h4-7,12,14-15,21,25,28-29H,8-11,13,16H2,1-3H3,(H,31,32);2*1-2H3;1H/t25?,27-;;;/m0.../s1. The van der Waals surface area contributed by atoms with E-state index in [2.05, 4.69) is 58.5 Å². The van der Waals surface area contributed by atoms with Crippen LogP contribution in [0.3, 0.4) is 0 Å². The number of aromatic nitrogens is 2. The van der Waals surface area contributed by atoms with Gasteiger partial charge < -0.3 is 20.3 Å². The number of hydroxylamine groups is 1. The number of amidine groups is 1. The van der Waals surface area contributed by atoms with Crippen molar-refractivity contribution in [3.05, 3.63) is 71.0 Å². The minimum absolute atomic E-state index is 0. The van der Waals surface area contributed by atoms with Crippen LogP contribution in [0.2, 0.25) is 0 Å². The normalized spacial score (nSPS) is 20.5.